The van der Waals surface area contributed by atoms with Crippen LogP contribution >= 0.6 is 0 Å². The van der Waals surface area contributed by atoms with Crippen LogP contribution in [0, 0.1) is 0 Å². The quantitative estimate of drug-likeness (QED) is 0.626. The van der Waals surface area contributed by atoms with Gasteiger partial charge in [-0.3, -0.25) is 9.88 Å². The normalized spacial score (nSPS) is 24.6. The molecule has 64 valence electrons. The Balaban J connectivity index is 2.19. The summed E-state index contributed by atoms with van der Waals surface area (Å²) in [6.07, 6.45) is 6.37. The van der Waals surface area contributed by atoms with Crippen LogP contribution in [0.3, 0.4) is 0 Å². The fourth-order valence-electron chi connectivity index (χ4n) is 1.92. The number of aromatic nitrogens is 1. The van der Waals surface area contributed by atoms with Crippen LogP contribution in [0.4, 0.5) is 0 Å². The summed E-state index contributed by atoms with van der Waals surface area (Å²) in [5.41, 5.74) is 1.41. The molecule has 12 heavy (non-hydrogen) atoms. The van der Waals surface area contributed by atoms with Gasteiger partial charge in [0, 0.05) is 18.4 Å². The van der Waals surface area contributed by atoms with E-state index in [2.05, 4.69) is 29.1 Å². The molecule has 1 fully saturated rings. The molecule has 2 heteroatoms. The van der Waals surface area contributed by atoms with E-state index in [9.17, 15) is 0 Å². The minimum absolute atomic E-state index is 0.632. The van der Waals surface area contributed by atoms with Gasteiger partial charge >= 0.3 is 0 Å². The Morgan fingerprint density at radius 1 is 1.42 bits per heavy atom. The minimum atomic E-state index is 0.632. The van der Waals surface area contributed by atoms with Crippen molar-refractivity contribution in [3.8, 4) is 0 Å². The molecule has 0 bridgehead atoms. The van der Waals surface area contributed by atoms with E-state index in [0.29, 0.717) is 6.04 Å². The second kappa shape index (κ2) is 3.23. The van der Waals surface area contributed by atoms with Gasteiger partial charge < -0.3 is 0 Å². The molecule has 1 aromatic rings. The number of hydrogen-bond acceptors (Lipinski definition) is 2. The van der Waals surface area contributed by atoms with Gasteiger partial charge in [-0.15, -0.1) is 0 Å². The van der Waals surface area contributed by atoms with Crippen LogP contribution in [-0.4, -0.2) is 23.5 Å². The summed E-state index contributed by atoms with van der Waals surface area (Å²) < 4.78 is 0. The molecule has 0 saturated carbocycles. The highest BCUT2D eigenvalue weighted by Gasteiger charge is 2.21. The molecule has 1 aliphatic heterocycles. The highest BCUT2D eigenvalue weighted by atomic mass is 15.1. The Hall–Kier alpha value is -0.890. The zero-order valence-electron chi connectivity index (χ0n) is 7.40. The molecular weight excluding hydrogens is 148 g/mol. The van der Waals surface area contributed by atoms with E-state index < -0.39 is 0 Å². The summed E-state index contributed by atoms with van der Waals surface area (Å²) in [7, 11) is 2.19. The first-order chi connectivity index (χ1) is 5.88. The van der Waals surface area contributed by atoms with Gasteiger partial charge in [-0.1, -0.05) is 0 Å². The van der Waals surface area contributed by atoms with Crippen molar-refractivity contribution in [1.82, 2.24) is 9.88 Å². The number of likely N-dealkylation sites (tertiary alicyclic amines) is 1. The van der Waals surface area contributed by atoms with Gasteiger partial charge in [0.2, 0.25) is 0 Å². The van der Waals surface area contributed by atoms with E-state index in [0.717, 1.165) is 0 Å². The summed E-state index contributed by atoms with van der Waals surface area (Å²) in [6.45, 7) is 1.23. The molecule has 0 aliphatic carbocycles. The molecule has 1 saturated heterocycles. The van der Waals surface area contributed by atoms with Crippen LogP contribution in [0.1, 0.15) is 24.4 Å². The average molecular weight is 162 g/mol. The molecular formula is C10H14N2. The molecule has 1 aliphatic rings. The van der Waals surface area contributed by atoms with Crippen molar-refractivity contribution in [3.05, 3.63) is 30.1 Å². The van der Waals surface area contributed by atoms with E-state index in [1.54, 1.807) is 0 Å². The fourth-order valence-corrected chi connectivity index (χ4v) is 1.92. The van der Waals surface area contributed by atoms with Gasteiger partial charge in [-0.25, -0.2) is 0 Å². The number of rotatable bonds is 1. The molecule has 0 N–H and O–H groups in total. The van der Waals surface area contributed by atoms with Gasteiger partial charge in [-0.05, 0) is 44.1 Å². The van der Waals surface area contributed by atoms with Gasteiger partial charge in [0.15, 0.2) is 0 Å². The van der Waals surface area contributed by atoms with Crippen LogP contribution in [0.5, 0.6) is 0 Å². The van der Waals surface area contributed by atoms with E-state index in [-0.39, 0.29) is 0 Å². The Morgan fingerprint density at radius 2 is 2.17 bits per heavy atom. The highest BCUT2D eigenvalue weighted by Crippen LogP contribution is 2.29. The first-order valence-corrected chi connectivity index (χ1v) is 4.48. The van der Waals surface area contributed by atoms with Crippen molar-refractivity contribution >= 4 is 0 Å². The van der Waals surface area contributed by atoms with Crippen LogP contribution in [0.25, 0.3) is 0 Å². The molecule has 0 amide bonds. The maximum Gasteiger partial charge on any atom is 0.0346 e. The third-order valence-electron chi connectivity index (χ3n) is 2.61. The summed E-state index contributed by atoms with van der Waals surface area (Å²) >= 11 is 0. The van der Waals surface area contributed by atoms with E-state index >= 15 is 0 Å². The summed E-state index contributed by atoms with van der Waals surface area (Å²) in [6, 6.07) is 4.87. The molecule has 0 radical (unpaired) electrons. The zero-order chi connectivity index (χ0) is 8.39. The smallest absolute Gasteiger partial charge is 0.0346 e. The molecule has 2 nitrogen and oxygen atoms in total. The molecule has 0 aromatic carbocycles. The second-order valence-electron chi connectivity index (χ2n) is 3.42. The topological polar surface area (TPSA) is 16.1 Å². The lowest BCUT2D eigenvalue weighted by molar-refractivity contribution is 0.317. The van der Waals surface area contributed by atoms with Crippen molar-refractivity contribution < 1.29 is 0 Å². The summed E-state index contributed by atoms with van der Waals surface area (Å²) in [5.74, 6) is 0. The minimum Gasteiger partial charge on any atom is -0.299 e. The third kappa shape index (κ3) is 1.34. The van der Waals surface area contributed by atoms with Crippen LogP contribution in [0.15, 0.2) is 24.5 Å². The Morgan fingerprint density at radius 3 is 2.75 bits per heavy atom. The van der Waals surface area contributed by atoms with Crippen molar-refractivity contribution in [2.75, 3.05) is 13.6 Å². The Bertz CT molecular complexity index is 245. The molecule has 2 rings (SSSR count). The van der Waals surface area contributed by atoms with Crippen molar-refractivity contribution in [3.63, 3.8) is 0 Å². The van der Waals surface area contributed by atoms with Crippen molar-refractivity contribution in [2.24, 2.45) is 0 Å². The third-order valence-corrected chi connectivity index (χ3v) is 2.61. The summed E-state index contributed by atoms with van der Waals surface area (Å²) in [5, 5.41) is 0. The van der Waals surface area contributed by atoms with Crippen LogP contribution in [-0.2, 0) is 0 Å². The molecule has 2 heterocycles. The largest absolute Gasteiger partial charge is 0.299 e. The molecule has 1 aromatic heterocycles. The van der Waals surface area contributed by atoms with E-state index in [1.807, 2.05) is 12.4 Å². The monoisotopic (exact) mass is 162 g/mol. The number of nitrogens with zero attached hydrogens (tertiary/aromatic N) is 2. The fraction of sp³-hybridized carbons (Fsp3) is 0.500. The second-order valence-corrected chi connectivity index (χ2v) is 3.42. The Labute approximate surface area is 73.2 Å². The predicted octanol–water partition coefficient (Wildman–Crippen LogP) is 1.85. The van der Waals surface area contributed by atoms with Gasteiger partial charge in [0.1, 0.15) is 0 Å². The predicted molar refractivity (Wildman–Crippen MR) is 48.8 cm³/mol. The first-order valence-electron chi connectivity index (χ1n) is 4.48. The lowest BCUT2D eigenvalue weighted by Gasteiger charge is -2.19. The van der Waals surface area contributed by atoms with Crippen molar-refractivity contribution in [1.29, 1.82) is 0 Å². The lowest BCUT2D eigenvalue weighted by atomic mass is 10.1. The van der Waals surface area contributed by atoms with Crippen LogP contribution in [0.2, 0.25) is 0 Å². The highest BCUT2D eigenvalue weighted by molar-refractivity contribution is 5.15. The van der Waals surface area contributed by atoms with Crippen LogP contribution < -0.4 is 0 Å². The first kappa shape index (κ1) is 7.74. The van der Waals surface area contributed by atoms with E-state index in [4.69, 9.17) is 0 Å². The number of hydrogen-bond donors (Lipinski definition) is 0. The average Bonchev–Trinajstić information content (AvgIpc) is 2.53. The zero-order valence-corrected chi connectivity index (χ0v) is 7.40. The maximum absolute atomic E-state index is 4.02. The van der Waals surface area contributed by atoms with E-state index in [1.165, 1.54) is 24.9 Å². The van der Waals surface area contributed by atoms with Gasteiger partial charge in [0.25, 0.3) is 0 Å². The standard InChI is InChI=1S/C10H14N2/c1-12-8-2-3-10(12)9-4-6-11-7-5-9/h4-7,10H,2-3,8H2,1H3. The Kier molecular flexibility index (Phi) is 2.09. The van der Waals surface area contributed by atoms with Crippen molar-refractivity contribution in [2.45, 2.75) is 18.9 Å². The molecule has 0 spiro atoms. The lowest BCUT2D eigenvalue weighted by Crippen LogP contribution is -2.17. The molecule has 1 unspecified atom stereocenters. The van der Waals surface area contributed by atoms with Gasteiger partial charge in [0.05, 0.1) is 0 Å². The SMILES string of the molecule is CN1CCCC1c1ccncc1. The summed E-state index contributed by atoms with van der Waals surface area (Å²) in [4.78, 5) is 6.44. The maximum atomic E-state index is 4.02. The number of pyridine rings is 1. The van der Waals surface area contributed by atoms with Gasteiger partial charge in [-0.2, -0.15) is 0 Å². The molecule has 1 atom stereocenters.